The Bertz CT molecular complexity index is 1280. The summed E-state index contributed by atoms with van der Waals surface area (Å²) < 4.78 is 38.5. The predicted molar refractivity (Wildman–Crippen MR) is 130 cm³/mol. The quantitative estimate of drug-likeness (QED) is 0.288. The fourth-order valence-electron chi connectivity index (χ4n) is 3.46. The summed E-state index contributed by atoms with van der Waals surface area (Å²) in [5.41, 5.74) is 2.11. The van der Waals surface area contributed by atoms with Gasteiger partial charge in [-0.05, 0) is 82.0 Å². The highest BCUT2D eigenvalue weighted by Gasteiger charge is 2.33. The summed E-state index contributed by atoms with van der Waals surface area (Å²) in [6.07, 6.45) is 1.54. The molecular weight excluding hydrogens is 522 g/mol. The Labute approximate surface area is 209 Å². The van der Waals surface area contributed by atoms with E-state index in [1.165, 1.54) is 36.4 Å². The number of amides is 3. The van der Waals surface area contributed by atoms with Gasteiger partial charge in [0, 0.05) is 0 Å². The summed E-state index contributed by atoms with van der Waals surface area (Å²) in [5, 5.41) is 2.58. The molecule has 3 aromatic carbocycles. The molecule has 0 bridgehead atoms. The van der Waals surface area contributed by atoms with Crippen molar-refractivity contribution in [1.29, 1.82) is 0 Å². The van der Waals surface area contributed by atoms with Crippen LogP contribution in [-0.4, -0.2) is 23.4 Å². The number of nitrogens with one attached hydrogen (secondary N) is 1. The lowest BCUT2D eigenvalue weighted by molar-refractivity contribution is -0.123. The van der Waals surface area contributed by atoms with Gasteiger partial charge in [0.2, 0.25) is 0 Å². The number of hydrogen-bond donors (Lipinski definition) is 1. The maximum absolute atomic E-state index is 13.2. The van der Waals surface area contributed by atoms with E-state index in [2.05, 4.69) is 21.2 Å². The van der Waals surface area contributed by atoms with Gasteiger partial charge >= 0.3 is 6.03 Å². The topological polar surface area (TPSA) is 67.9 Å². The molecule has 180 valence electrons. The number of rotatable bonds is 8. The van der Waals surface area contributed by atoms with E-state index < -0.39 is 17.8 Å². The standard InChI is InChI=1S/C26H21BrF2N2O4/c1-2-34-23-13-18(11-21(27)24(23)35-15-17-5-9-20(29)10-6-17)12-22-25(32)31(26(33)30-22)14-16-3-7-19(28)8-4-16/h3-13H,2,14-15H2,1H3,(H,30,33)/b22-12+. The van der Waals surface area contributed by atoms with Gasteiger partial charge in [0.1, 0.15) is 23.9 Å². The molecule has 9 heteroatoms. The van der Waals surface area contributed by atoms with Crippen LogP contribution in [-0.2, 0) is 17.9 Å². The summed E-state index contributed by atoms with van der Waals surface area (Å²) in [7, 11) is 0. The van der Waals surface area contributed by atoms with Gasteiger partial charge < -0.3 is 14.8 Å². The van der Waals surface area contributed by atoms with Crippen LogP contribution in [0.25, 0.3) is 6.08 Å². The second kappa shape index (κ2) is 10.7. The largest absolute Gasteiger partial charge is 0.490 e. The first kappa shape index (κ1) is 24.4. The van der Waals surface area contributed by atoms with Crippen LogP contribution in [0.1, 0.15) is 23.6 Å². The molecule has 1 N–H and O–H groups in total. The number of urea groups is 1. The molecule has 6 nitrogen and oxygen atoms in total. The predicted octanol–water partition coefficient (Wildman–Crippen LogP) is 5.80. The Balaban J connectivity index is 1.54. The molecule has 4 rings (SSSR count). The zero-order valence-corrected chi connectivity index (χ0v) is 20.3. The third kappa shape index (κ3) is 5.86. The molecule has 0 saturated carbocycles. The maximum Gasteiger partial charge on any atom is 0.329 e. The third-order valence-corrected chi connectivity index (χ3v) is 5.74. The fraction of sp³-hybridized carbons (Fsp3) is 0.154. The Hall–Kier alpha value is -3.72. The van der Waals surface area contributed by atoms with E-state index in [1.54, 1.807) is 30.3 Å². The van der Waals surface area contributed by atoms with Gasteiger partial charge in [0.25, 0.3) is 5.91 Å². The van der Waals surface area contributed by atoms with E-state index in [-0.39, 0.29) is 24.7 Å². The zero-order valence-electron chi connectivity index (χ0n) is 18.7. The summed E-state index contributed by atoms with van der Waals surface area (Å²) in [4.78, 5) is 26.3. The minimum absolute atomic E-state index is 0.0202. The molecule has 1 saturated heterocycles. The average molecular weight is 543 g/mol. The van der Waals surface area contributed by atoms with Gasteiger partial charge in [-0.15, -0.1) is 0 Å². The van der Waals surface area contributed by atoms with Gasteiger partial charge in [-0.2, -0.15) is 0 Å². The second-order valence-corrected chi connectivity index (χ2v) is 8.54. The number of halogens is 3. The van der Waals surface area contributed by atoms with Crippen LogP contribution in [0.5, 0.6) is 11.5 Å². The molecule has 1 aliphatic rings. The highest BCUT2D eigenvalue weighted by molar-refractivity contribution is 9.10. The number of imide groups is 1. The Morgan fingerprint density at radius 1 is 0.943 bits per heavy atom. The van der Waals surface area contributed by atoms with Crippen LogP contribution in [0.3, 0.4) is 0 Å². The molecule has 1 aliphatic heterocycles. The van der Waals surface area contributed by atoms with Crippen molar-refractivity contribution in [3.05, 3.63) is 99.2 Å². The van der Waals surface area contributed by atoms with E-state index in [4.69, 9.17) is 9.47 Å². The maximum atomic E-state index is 13.2. The van der Waals surface area contributed by atoms with Crippen molar-refractivity contribution in [1.82, 2.24) is 10.2 Å². The van der Waals surface area contributed by atoms with Gasteiger partial charge in [0.15, 0.2) is 11.5 Å². The normalized spacial score (nSPS) is 14.4. The minimum Gasteiger partial charge on any atom is -0.490 e. The zero-order chi connectivity index (χ0) is 24.9. The summed E-state index contributed by atoms with van der Waals surface area (Å²) in [6.45, 7) is 2.43. The molecule has 0 atom stereocenters. The van der Waals surface area contributed by atoms with E-state index in [0.29, 0.717) is 33.7 Å². The summed E-state index contributed by atoms with van der Waals surface area (Å²) in [5.74, 6) is -0.321. The van der Waals surface area contributed by atoms with Crippen molar-refractivity contribution in [3.63, 3.8) is 0 Å². The monoisotopic (exact) mass is 542 g/mol. The first-order valence-corrected chi connectivity index (χ1v) is 11.6. The average Bonchev–Trinajstić information content (AvgIpc) is 3.08. The first-order chi connectivity index (χ1) is 16.8. The van der Waals surface area contributed by atoms with E-state index in [0.717, 1.165) is 10.5 Å². The number of benzene rings is 3. The molecular formula is C26H21BrF2N2O4. The van der Waals surface area contributed by atoms with E-state index in [9.17, 15) is 18.4 Å². The molecule has 1 fully saturated rings. The number of carbonyl (C=O) groups is 2. The fourth-order valence-corrected chi connectivity index (χ4v) is 4.04. The van der Waals surface area contributed by atoms with E-state index >= 15 is 0 Å². The van der Waals surface area contributed by atoms with Crippen LogP contribution < -0.4 is 14.8 Å². The molecule has 0 radical (unpaired) electrons. The van der Waals surface area contributed by atoms with Crippen molar-refractivity contribution >= 4 is 33.9 Å². The van der Waals surface area contributed by atoms with Gasteiger partial charge in [-0.25, -0.2) is 13.6 Å². The van der Waals surface area contributed by atoms with E-state index in [1.807, 2.05) is 6.92 Å². The highest BCUT2D eigenvalue weighted by Crippen LogP contribution is 2.38. The minimum atomic E-state index is -0.561. The van der Waals surface area contributed by atoms with Crippen LogP contribution in [0.4, 0.5) is 13.6 Å². The molecule has 0 aromatic heterocycles. The molecule has 0 spiro atoms. The van der Waals surface area contributed by atoms with Crippen molar-refractivity contribution in [3.8, 4) is 11.5 Å². The SMILES string of the molecule is CCOc1cc(/C=C2/NC(=O)N(Cc3ccc(F)cc3)C2=O)cc(Br)c1OCc1ccc(F)cc1. The van der Waals surface area contributed by atoms with Gasteiger partial charge in [-0.1, -0.05) is 24.3 Å². The molecule has 1 heterocycles. The Morgan fingerprint density at radius 3 is 2.20 bits per heavy atom. The summed E-state index contributed by atoms with van der Waals surface area (Å²) in [6, 6.07) is 14.4. The number of nitrogens with zero attached hydrogens (tertiary/aromatic N) is 1. The lowest BCUT2D eigenvalue weighted by Gasteiger charge is -2.15. The third-order valence-electron chi connectivity index (χ3n) is 5.16. The molecule has 0 aliphatic carbocycles. The number of hydrogen-bond acceptors (Lipinski definition) is 4. The number of ether oxygens (including phenoxy) is 2. The summed E-state index contributed by atoms with van der Waals surface area (Å²) >= 11 is 3.48. The van der Waals surface area contributed by atoms with Crippen LogP contribution in [0.2, 0.25) is 0 Å². The molecule has 35 heavy (non-hydrogen) atoms. The molecule has 3 amide bonds. The smallest absolute Gasteiger partial charge is 0.329 e. The number of carbonyl (C=O) groups excluding carboxylic acids is 2. The Morgan fingerprint density at radius 2 is 1.57 bits per heavy atom. The first-order valence-electron chi connectivity index (χ1n) is 10.8. The second-order valence-electron chi connectivity index (χ2n) is 7.68. The lowest BCUT2D eigenvalue weighted by atomic mass is 10.1. The van der Waals surface area contributed by atoms with Crippen molar-refractivity contribution in [2.24, 2.45) is 0 Å². The van der Waals surface area contributed by atoms with Crippen LogP contribution in [0, 0.1) is 11.6 Å². The van der Waals surface area contributed by atoms with Crippen LogP contribution >= 0.6 is 15.9 Å². The van der Waals surface area contributed by atoms with Crippen molar-refractivity contribution in [2.45, 2.75) is 20.1 Å². The van der Waals surface area contributed by atoms with Gasteiger partial charge in [0.05, 0.1) is 17.6 Å². The molecule has 0 unspecified atom stereocenters. The van der Waals surface area contributed by atoms with Crippen molar-refractivity contribution < 1.29 is 27.8 Å². The van der Waals surface area contributed by atoms with Crippen LogP contribution in [0.15, 0.2) is 70.8 Å². The Kier molecular flexibility index (Phi) is 7.45. The lowest BCUT2D eigenvalue weighted by Crippen LogP contribution is -2.30. The van der Waals surface area contributed by atoms with Crippen molar-refractivity contribution in [2.75, 3.05) is 6.61 Å². The van der Waals surface area contributed by atoms with Gasteiger partial charge in [-0.3, -0.25) is 9.69 Å². The highest BCUT2D eigenvalue weighted by atomic mass is 79.9. The molecule has 3 aromatic rings.